The van der Waals surface area contributed by atoms with E-state index in [1.54, 1.807) is 18.2 Å². The Bertz CT molecular complexity index is 704. The highest BCUT2D eigenvalue weighted by atomic mass is 16.5. The lowest BCUT2D eigenvalue weighted by Gasteiger charge is -2.18. The Kier molecular flexibility index (Phi) is 6.83. The molecule has 0 aliphatic heterocycles. The Morgan fingerprint density at radius 1 is 1.08 bits per heavy atom. The van der Waals surface area contributed by atoms with E-state index in [0.717, 1.165) is 5.56 Å². The molecule has 1 unspecified atom stereocenters. The lowest BCUT2D eigenvalue weighted by atomic mass is 10.0. The van der Waals surface area contributed by atoms with Crippen LogP contribution in [0.3, 0.4) is 0 Å². The number of rotatable bonds is 7. The van der Waals surface area contributed by atoms with E-state index in [1.165, 1.54) is 7.11 Å². The molecule has 132 valence electrons. The molecule has 0 fully saturated rings. The van der Waals surface area contributed by atoms with E-state index < -0.39 is 18.0 Å². The molecule has 6 nitrogen and oxygen atoms in total. The number of amides is 2. The Hall–Kier alpha value is -3.02. The largest absolute Gasteiger partial charge is 0.494 e. The molecule has 2 rings (SSSR count). The first kappa shape index (κ1) is 18.3. The number of carbonyl (C=O) groups is 2. The van der Waals surface area contributed by atoms with Crippen LogP contribution >= 0.6 is 0 Å². The lowest BCUT2D eigenvalue weighted by Crippen LogP contribution is -2.34. The highest BCUT2D eigenvalue weighted by Gasteiger charge is 2.18. The zero-order valence-corrected chi connectivity index (χ0v) is 14.3. The summed E-state index contributed by atoms with van der Waals surface area (Å²) in [6, 6.07) is 15.5. The molecule has 0 saturated heterocycles. The summed E-state index contributed by atoms with van der Waals surface area (Å²) in [6.45, 7) is 2.44. The molecule has 0 saturated carbocycles. The van der Waals surface area contributed by atoms with Gasteiger partial charge in [0.15, 0.2) is 0 Å². The van der Waals surface area contributed by atoms with Crippen molar-refractivity contribution in [1.82, 2.24) is 5.32 Å². The Morgan fingerprint density at radius 2 is 1.84 bits per heavy atom. The standard InChI is InChI=1S/C19H22N2O4/c1-3-25-16-11-7-10-15(12-16)20-19(23)21-17(13-18(22)24-2)14-8-5-4-6-9-14/h4-12,17H,3,13H2,1-2H3,(H2,20,21,23). The fraction of sp³-hybridized carbons (Fsp3) is 0.263. The SMILES string of the molecule is CCOc1cccc(NC(=O)NC(CC(=O)OC)c2ccccc2)c1. The molecule has 0 aliphatic carbocycles. The van der Waals surface area contributed by atoms with Crippen LogP contribution < -0.4 is 15.4 Å². The van der Waals surface area contributed by atoms with E-state index in [9.17, 15) is 9.59 Å². The van der Waals surface area contributed by atoms with Crippen molar-refractivity contribution in [3.8, 4) is 5.75 Å². The minimum atomic E-state index is -0.483. The predicted octanol–water partition coefficient (Wildman–Crippen LogP) is 3.51. The van der Waals surface area contributed by atoms with Crippen molar-refractivity contribution in [1.29, 1.82) is 0 Å². The molecular formula is C19H22N2O4. The molecule has 2 aromatic carbocycles. The van der Waals surface area contributed by atoms with Crippen molar-refractivity contribution in [2.75, 3.05) is 19.0 Å². The van der Waals surface area contributed by atoms with Crippen molar-refractivity contribution in [2.45, 2.75) is 19.4 Å². The predicted molar refractivity (Wildman–Crippen MR) is 95.6 cm³/mol. The normalized spacial score (nSPS) is 11.3. The van der Waals surface area contributed by atoms with Crippen LogP contribution in [0.2, 0.25) is 0 Å². The number of hydrogen-bond donors (Lipinski definition) is 2. The van der Waals surface area contributed by atoms with E-state index in [0.29, 0.717) is 18.0 Å². The van der Waals surface area contributed by atoms with Gasteiger partial charge >= 0.3 is 12.0 Å². The summed E-state index contributed by atoms with van der Waals surface area (Å²) in [5.74, 6) is 0.280. The van der Waals surface area contributed by atoms with Crippen LogP contribution in [0, 0.1) is 0 Å². The second-order valence-corrected chi connectivity index (χ2v) is 5.30. The molecule has 0 heterocycles. The molecule has 25 heavy (non-hydrogen) atoms. The third-order valence-corrected chi connectivity index (χ3v) is 3.51. The molecule has 0 bridgehead atoms. The van der Waals surface area contributed by atoms with Gasteiger partial charge in [0.05, 0.1) is 26.2 Å². The highest BCUT2D eigenvalue weighted by molar-refractivity contribution is 5.90. The number of urea groups is 1. The van der Waals surface area contributed by atoms with Gasteiger partial charge in [0.1, 0.15) is 5.75 Å². The molecule has 2 amide bonds. The second-order valence-electron chi connectivity index (χ2n) is 5.30. The van der Waals surface area contributed by atoms with Gasteiger partial charge in [0, 0.05) is 11.8 Å². The quantitative estimate of drug-likeness (QED) is 0.755. The van der Waals surface area contributed by atoms with Crippen LogP contribution in [-0.4, -0.2) is 25.7 Å². The number of anilines is 1. The second kappa shape index (κ2) is 9.32. The molecule has 0 radical (unpaired) electrons. The number of hydrogen-bond acceptors (Lipinski definition) is 4. The summed E-state index contributed by atoms with van der Waals surface area (Å²) in [5, 5.41) is 5.56. The first-order valence-electron chi connectivity index (χ1n) is 8.04. The first-order valence-corrected chi connectivity index (χ1v) is 8.04. The van der Waals surface area contributed by atoms with Gasteiger partial charge in [-0.1, -0.05) is 36.4 Å². The molecule has 2 N–H and O–H groups in total. The van der Waals surface area contributed by atoms with Crippen LogP contribution in [0.5, 0.6) is 5.75 Å². The number of ether oxygens (including phenoxy) is 2. The van der Waals surface area contributed by atoms with E-state index in [-0.39, 0.29) is 6.42 Å². The molecule has 0 aliphatic rings. The number of nitrogens with one attached hydrogen (secondary N) is 2. The average molecular weight is 342 g/mol. The maximum Gasteiger partial charge on any atom is 0.319 e. The van der Waals surface area contributed by atoms with Gasteiger partial charge in [0.25, 0.3) is 0 Å². The van der Waals surface area contributed by atoms with Crippen LogP contribution in [-0.2, 0) is 9.53 Å². The van der Waals surface area contributed by atoms with Crippen molar-refractivity contribution < 1.29 is 19.1 Å². The van der Waals surface area contributed by atoms with Crippen molar-refractivity contribution >= 4 is 17.7 Å². The van der Waals surface area contributed by atoms with Crippen LogP contribution in [0.1, 0.15) is 24.9 Å². The Balaban J connectivity index is 2.06. The van der Waals surface area contributed by atoms with E-state index in [4.69, 9.17) is 9.47 Å². The highest BCUT2D eigenvalue weighted by Crippen LogP contribution is 2.19. The number of esters is 1. The van der Waals surface area contributed by atoms with Gasteiger partial charge in [-0.2, -0.15) is 0 Å². The summed E-state index contributed by atoms with van der Waals surface area (Å²) in [5.41, 5.74) is 1.43. The molecule has 0 aromatic heterocycles. The van der Waals surface area contributed by atoms with Crippen LogP contribution in [0.15, 0.2) is 54.6 Å². The lowest BCUT2D eigenvalue weighted by molar-refractivity contribution is -0.141. The van der Waals surface area contributed by atoms with Crippen LogP contribution in [0.4, 0.5) is 10.5 Å². The third-order valence-electron chi connectivity index (χ3n) is 3.51. The average Bonchev–Trinajstić information content (AvgIpc) is 2.62. The molecule has 0 spiro atoms. The summed E-state index contributed by atoms with van der Waals surface area (Å²) in [4.78, 5) is 24.0. The first-order chi connectivity index (χ1) is 12.1. The molecular weight excluding hydrogens is 320 g/mol. The zero-order valence-electron chi connectivity index (χ0n) is 14.3. The zero-order chi connectivity index (χ0) is 18.1. The minimum Gasteiger partial charge on any atom is -0.494 e. The van der Waals surface area contributed by atoms with Gasteiger partial charge in [0.2, 0.25) is 0 Å². The Morgan fingerprint density at radius 3 is 2.52 bits per heavy atom. The fourth-order valence-corrected chi connectivity index (χ4v) is 2.34. The summed E-state index contributed by atoms with van der Waals surface area (Å²) in [7, 11) is 1.32. The number of methoxy groups -OCH3 is 1. The van der Waals surface area contributed by atoms with Crippen LogP contribution in [0.25, 0.3) is 0 Å². The maximum absolute atomic E-state index is 12.3. The van der Waals surface area contributed by atoms with Crippen molar-refractivity contribution in [3.63, 3.8) is 0 Å². The summed E-state index contributed by atoms with van der Waals surface area (Å²) in [6.07, 6.45) is 0.0485. The van der Waals surface area contributed by atoms with E-state index in [2.05, 4.69) is 10.6 Å². The fourth-order valence-electron chi connectivity index (χ4n) is 2.34. The molecule has 2 aromatic rings. The summed E-state index contributed by atoms with van der Waals surface area (Å²) < 4.78 is 10.1. The third kappa shape index (κ3) is 5.84. The number of carbonyl (C=O) groups excluding carboxylic acids is 2. The smallest absolute Gasteiger partial charge is 0.319 e. The number of benzene rings is 2. The minimum absolute atomic E-state index is 0.0485. The van der Waals surface area contributed by atoms with Gasteiger partial charge < -0.3 is 20.1 Å². The van der Waals surface area contributed by atoms with Gasteiger partial charge in [-0.05, 0) is 24.6 Å². The molecule has 1 atom stereocenters. The van der Waals surface area contributed by atoms with Crippen molar-refractivity contribution in [3.05, 3.63) is 60.2 Å². The maximum atomic E-state index is 12.3. The van der Waals surface area contributed by atoms with Gasteiger partial charge in [-0.25, -0.2) is 4.79 Å². The van der Waals surface area contributed by atoms with Crippen molar-refractivity contribution in [2.24, 2.45) is 0 Å². The molecule has 6 heteroatoms. The topological polar surface area (TPSA) is 76.7 Å². The summed E-state index contributed by atoms with van der Waals surface area (Å²) >= 11 is 0. The van der Waals surface area contributed by atoms with E-state index in [1.807, 2.05) is 43.3 Å². The Labute approximate surface area is 147 Å². The van der Waals surface area contributed by atoms with E-state index >= 15 is 0 Å². The monoisotopic (exact) mass is 342 g/mol. The van der Waals surface area contributed by atoms with Gasteiger partial charge in [-0.15, -0.1) is 0 Å². The van der Waals surface area contributed by atoms with Gasteiger partial charge in [-0.3, -0.25) is 4.79 Å².